The van der Waals surface area contributed by atoms with Crippen LogP contribution in [0.15, 0.2) is 42.5 Å². The van der Waals surface area contributed by atoms with Gasteiger partial charge in [-0.05, 0) is 53.8 Å². The number of nitriles is 1. The summed E-state index contributed by atoms with van der Waals surface area (Å²) in [6, 6.07) is 17.0. The van der Waals surface area contributed by atoms with E-state index in [0.29, 0.717) is 6.42 Å². The van der Waals surface area contributed by atoms with Gasteiger partial charge in [-0.1, -0.05) is 18.2 Å². The van der Waals surface area contributed by atoms with Crippen LogP contribution in [-0.2, 0) is 17.6 Å². The molecule has 5 heteroatoms. The van der Waals surface area contributed by atoms with Gasteiger partial charge in [0.1, 0.15) is 5.75 Å². The lowest BCUT2D eigenvalue weighted by atomic mass is 9.93. The van der Waals surface area contributed by atoms with Gasteiger partial charge in [-0.25, -0.2) is 0 Å². The van der Waals surface area contributed by atoms with Gasteiger partial charge < -0.3 is 14.4 Å². The average Bonchev–Trinajstić information content (AvgIpc) is 2.78. The Bertz CT molecular complexity index is 851. The summed E-state index contributed by atoms with van der Waals surface area (Å²) in [7, 11) is 1.70. The first-order valence-electron chi connectivity index (χ1n) is 10.5. The van der Waals surface area contributed by atoms with Crippen molar-refractivity contribution < 1.29 is 9.47 Å². The molecule has 1 fully saturated rings. The number of hydrogen-bond donors (Lipinski definition) is 0. The number of hydrogen-bond acceptors (Lipinski definition) is 5. The SMILES string of the molecule is COc1ccc(N2CCN(CCC3OCCc4cc(CC#N)ccc43)CC2)cc1. The van der Waals surface area contributed by atoms with E-state index >= 15 is 0 Å². The Balaban J connectivity index is 1.29. The molecule has 2 aromatic rings. The van der Waals surface area contributed by atoms with Crippen molar-refractivity contribution in [1.29, 1.82) is 5.26 Å². The van der Waals surface area contributed by atoms with Gasteiger partial charge in [-0.15, -0.1) is 0 Å². The summed E-state index contributed by atoms with van der Waals surface area (Å²) in [6.07, 6.45) is 2.63. The zero-order valence-corrected chi connectivity index (χ0v) is 17.1. The second kappa shape index (κ2) is 9.30. The maximum atomic E-state index is 8.93. The standard InChI is InChI=1S/C24H29N3O2/c1-28-22-5-3-21(4-6-22)27-15-13-26(14-16-27)12-9-24-23-7-2-19(8-11-25)18-20(23)10-17-29-24/h2-7,18,24H,8-10,12-17H2,1H3. The molecule has 1 unspecified atom stereocenters. The Labute approximate surface area is 173 Å². The Kier molecular flexibility index (Phi) is 6.33. The van der Waals surface area contributed by atoms with Gasteiger partial charge in [0.25, 0.3) is 0 Å². The van der Waals surface area contributed by atoms with Crippen LogP contribution in [0.3, 0.4) is 0 Å². The molecule has 2 aliphatic heterocycles. The van der Waals surface area contributed by atoms with Crippen molar-refractivity contribution in [3.63, 3.8) is 0 Å². The highest BCUT2D eigenvalue weighted by molar-refractivity contribution is 5.49. The van der Waals surface area contributed by atoms with Crippen molar-refractivity contribution >= 4 is 5.69 Å². The lowest BCUT2D eigenvalue weighted by Crippen LogP contribution is -2.46. The molecule has 29 heavy (non-hydrogen) atoms. The van der Waals surface area contributed by atoms with E-state index in [1.54, 1.807) is 7.11 Å². The van der Waals surface area contributed by atoms with Gasteiger partial charge in [-0.3, -0.25) is 4.90 Å². The van der Waals surface area contributed by atoms with Crippen LogP contribution in [-0.4, -0.2) is 51.3 Å². The number of piperazine rings is 1. The minimum Gasteiger partial charge on any atom is -0.497 e. The van der Waals surface area contributed by atoms with Crippen LogP contribution in [0, 0.1) is 11.3 Å². The zero-order valence-electron chi connectivity index (χ0n) is 17.1. The van der Waals surface area contributed by atoms with Crippen molar-refractivity contribution in [2.24, 2.45) is 0 Å². The van der Waals surface area contributed by atoms with E-state index in [1.807, 2.05) is 12.1 Å². The number of methoxy groups -OCH3 is 1. The second-order valence-electron chi connectivity index (χ2n) is 7.79. The molecule has 0 bridgehead atoms. The molecule has 2 heterocycles. The zero-order chi connectivity index (χ0) is 20.1. The Hall–Kier alpha value is -2.55. The molecular formula is C24H29N3O2. The molecule has 2 aromatic carbocycles. The number of anilines is 1. The maximum absolute atomic E-state index is 8.93. The summed E-state index contributed by atoms with van der Waals surface area (Å²) in [5.74, 6) is 0.903. The molecule has 0 aromatic heterocycles. The number of benzene rings is 2. The first kappa shape index (κ1) is 19.8. The third-order valence-corrected chi connectivity index (χ3v) is 6.05. The molecule has 1 saturated heterocycles. The summed E-state index contributed by atoms with van der Waals surface area (Å²) >= 11 is 0. The van der Waals surface area contributed by atoms with Crippen LogP contribution in [0.25, 0.3) is 0 Å². The minimum absolute atomic E-state index is 0.175. The topological polar surface area (TPSA) is 48.7 Å². The molecule has 0 N–H and O–H groups in total. The largest absolute Gasteiger partial charge is 0.497 e. The van der Waals surface area contributed by atoms with E-state index in [0.717, 1.165) is 63.5 Å². The third kappa shape index (κ3) is 4.72. The molecular weight excluding hydrogens is 362 g/mol. The van der Waals surface area contributed by atoms with E-state index in [1.165, 1.54) is 16.8 Å². The monoisotopic (exact) mass is 391 g/mol. The molecule has 5 nitrogen and oxygen atoms in total. The van der Waals surface area contributed by atoms with Gasteiger partial charge in [0.2, 0.25) is 0 Å². The lowest BCUT2D eigenvalue weighted by Gasteiger charge is -2.37. The van der Waals surface area contributed by atoms with Gasteiger partial charge >= 0.3 is 0 Å². The molecule has 0 aliphatic carbocycles. The van der Waals surface area contributed by atoms with Crippen molar-refractivity contribution in [3.05, 3.63) is 59.2 Å². The predicted molar refractivity (Wildman–Crippen MR) is 114 cm³/mol. The fraction of sp³-hybridized carbons (Fsp3) is 0.458. The van der Waals surface area contributed by atoms with E-state index in [9.17, 15) is 0 Å². The quantitative estimate of drug-likeness (QED) is 0.753. The van der Waals surface area contributed by atoms with Gasteiger partial charge in [0.15, 0.2) is 0 Å². The van der Waals surface area contributed by atoms with E-state index < -0.39 is 0 Å². The molecule has 0 radical (unpaired) electrons. The number of ether oxygens (including phenoxy) is 2. The number of fused-ring (bicyclic) bond motifs is 1. The van der Waals surface area contributed by atoms with Gasteiger partial charge in [-0.2, -0.15) is 5.26 Å². The summed E-state index contributed by atoms with van der Waals surface area (Å²) in [6.45, 7) is 6.08. The summed E-state index contributed by atoms with van der Waals surface area (Å²) in [5, 5.41) is 8.93. The average molecular weight is 392 g/mol. The molecule has 4 rings (SSSR count). The minimum atomic E-state index is 0.175. The molecule has 0 saturated carbocycles. The van der Waals surface area contributed by atoms with Crippen LogP contribution in [0.2, 0.25) is 0 Å². The number of rotatable bonds is 6. The number of nitrogens with zero attached hydrogens (tertiary/aromatic N) is 3. The second-order valence-corrected chi connectivity index (χ2v) is 7.79. The van der Waals surface area contributed by atoms with E-state index in [4.69, 9.17) is 14.7 Å². The van der Waals surface area contributed by atoms with E-state index in [-0.39, 0.29) is 6.10 Å². The van der Waals surface area contributed by atoms with Crippen molar-refractivity contribution in [1.82, 2.24) is 4.90 Å². The lowest BCUT2D eigenvalue weighted by molar-refractivity contribution is 0.0289. The van der Waals surface area contributed by atoms with Crippen molar-refractivity contribution in [2.45, 2.75) is 25.4 Å². The van der Waals surface area contributed by atoms with Crippen molar-refractivity contribution in [2.75, 3.05) is 51.3 Å². The predicted octanol–water partition coefficient (Wildman–Crippen LogP) is 3.59. The van der Waals surface area contributed by atoms with Crippen LogP contribution in [0.5, 0.6) is 5.75 Å². The Morgan fingerprint density at radius 1 is 1.10 bits per heavy atom. The molecule has 0 spiro atoms. The highest BCUT2D eigenvalue weighted by Gasteiger charge is 2.23. The van der Waals surface area contributed by atoms with Crippen LogP contribution >= 0.6 is 0 Å². The normalized spacial score (nSPS) is 19.4. The molecule has 1 atom stereocenters. The Morgan fingerprint density at radius 2 is 1.90 bits per heavy atom. The fourth-order valence-corrected chi connectivity index (χ4v) is 4.35. The molecule has 0 amide bonds. The van der Waals surface area contributed by atoms with Gasteiger partial charge in [0, 0.05) is 38.4 Å². The fourth-order valence-electron chi connectivity index (χ4n) is 4.35. The molecule has 2 aliphatic rings. The summed E-state index contributed by atoms with van der Waals surface area (Å²) in [4.78, 5) is 4.99. The van der Waals surface area contributed by atoms with E-state index in [2.05, 4.69) is 46.2 Å². The maximum Gasteiger partial charge on any atom is 0.119 e. The third-order valence-electron chi connectivity index (χ3n) is 6.05. The van der Waals surface area contributed by atoms with Crippen LogP contribution in [0.4, 0.5) is 5.69 Å². The summed E-state index contributed by atoms with van der Waals surface area (Å²) in [5.41, 5.74) is 5.05. The smallest absolute Gasteiger partial charge is 0.119 e. The van der Waals surface area contributed by atoms with Crippen molar-refractivity contribution in [3.8, 4) is 11.8 Å². The highest BCUT2D eigenvalue weighted by Crippen LogP contribution is 2.31. The summed E-state index contributed by atoms with van der Waals surface area (Å²) < 4.78 is 11.3. The Morgan fingerprint density at radius 3 is 2.62 bits per heavy atom. The van der Waals surface area contributed by atoms with Crippen LogP contribution < -0.4 is 9.64 Å². The highest BCUT2D eigenvalue weighted by atomic mass is 16.5. The first-order valence-corrected chi connectivity index (χ1v) is 10.5. The first-order chi connectivity index (χ1) is 14.3. The molecule has 152 valence electrons. The van der Waals surface area contributed by atoms with Crippen LogP contribution in [0.1, 0.15) is 29.2 Å². The van der Waals surface area contributed by atoms with Gasteiger partial charge in [0.05, 0.1) is 32.3 Å².